The Labute approximate surface area is 174 Å². The van der Waals surface area contributed by atoms with Crippen molar-refractivity contribution in [1.29, 1.82) is 0 Å². The highest BCUT2D eigenvalue weighted by atomic mass is 79.9. The van der Waals surface area contributed by atoms with Crippen molar-refractivity contribution in [2.45, 2.75) is 46.5 Å². The molecular weight excluding hydrogens is 424 g/mol. The van der Waals surface area contributed by atoms with Gasteiger partial charge < -0.3 is 14.2 Å². The molecule has 152 valence electrons. The average molecular weight is 451 g/mol. The minimum atomic E-state index is -0.501. The van der Waals surface area contributed by atoms with Gasteiger partial charge in [0.2, 0.25) is 0 Å². The van der Waals surface area contributed by atoms with Crippen molar-refractivity contribution in [2.24, 2.45) is 0 Å². The number of halogens is 1. The van der Waals surface area contributed by atoms with Crippen LogP contribution in [0.2, 0.25) is 0 Å². The number of rotatable bonds is 10. The van der Waals surface area contributed by atoms with Gasteiger partial charge in [-0.1, -0.05) is 54.8 Å². The molecule has 0 heterocycles. The molecule has 0 fully saturated rings. The number of hydrogen-bond donors (Lipinski definition) is 0. The van der Waals surface area contributed by atoms with Crippen molar-refractivity contribution in [3.63, 3.8) is 0 Å². The zero-order valence-electron chi connectivity index (χ0n) is 16.7. The molecule has 0 unspecified atom stereocenters. The van der Waals surface area contributed by atoms with E-state index in [0.717, 1.165) is 23.7 Å². The van der Waals surface area contributed by atoms with Gasteiger partial charge in [0.15, 0.2) is 0 Å². The maximum Gasteiger partial charge on any atom is 0.342 e. The number of ether oxygens (including phenoxy) is 3. The van der Waals surface area contributed by atoms with Crippen molar-refractivity contribution in [3.8, 4) is 16.9 Å². The molecule has 2 aliphatic rings. The Kier molecular flexibility index (Phi) is 8.77. The van der Waals surface area contributed by atoms with Crippen LogP contribution in [0.3, 0.4) is 0 Å². The highest BCUT2D eigenvalue weighted by molar-refractivity contribution is 9.10. The molecule has 0 aromatic carbocycles. The van der Waals surface area contributed by atoms with Gasteiger partial charge in [-0.25, -0.2) is 9.59 Å². The number of carbonyl (C=O) groups is 2. The summed E-state index contributed by atoms with van der Waals surface area (Å²) in [7, 11) is 0. The van der Waals surface area contributed by atoms with E-state index in [4.69, 9.17) is 14.2 Å². The predicted molar refractivity (Wildman–Crippen MR) is 112 cm³/mol. The minimum Gasteiger partial charge on any atom is -0.492 e. The van der Waals surface area contributed by atoms with Crippen LogP contribution in [0.15, 0.2) is 28.7 Å². The van der Waals surface area contributed by atoms with E-state index in [1.165, 1.54) is 0 Å². The molecule has 2 rings (SSSR count). The van der Waals surface area contributed by atoms with Crippen molar-refractivity contribution in [2.75, 3.05) is 19.8 Å². The molecule has 0 amide bonds. The van der Waals surface area contributed by atoms with Gasteiger partial charge >= 0.3 is 11.9 Å². The first-order valence-corrected chi connectivity index (χ1v) is 10.6. The second-order valence-electron chi connectivity index (χ2n) is 6.37. The summed E-state index contributed by atoms with van der Waals surface area (Å²) >= 11 is 3.46. The monoisotopic (exact) mass is 450 g/mol. The van der Waals surface area contributed by atoms with Crippen LogP contribution in [0.4, 0.5) is 0 Å². The third kappa shape index (κ3) is 5.25. The summed E-state index contributed by atoms with van der Waals surface area (Å²) in [5.74, 6) is -0.753. The molecule has 0 bridgehead atoms. The standard InChI is InChI=1S/C22H27BrO5/c1-4-7-8-13-28-21(24)18-16-11-9-10-15(23)14-17(16)19(20(18)26-6-3)22(25)27-12-5-2/h9-11,14H,4-8,12-13H2,1-3H3. The molecular formula is C22H27BrO5. The molecule has 0 spiro atoms. The molecule has 6 heteroatoms. The minimum absolute atomic E-state index is 0.234. The Balaban J connectivity index is 2.56. The van der Waals surface area contributed by atoms with Crippen molar-refractivity contribution in [1.82, 2.24) is 0 Å². The zero-order valence-corrected chi connectivity index (χ0v) is 18.3. The van der Waals surface area contributed by atoms with E-state index in [9.17, 15) is 9.59 Å². The molecule has 0 aromatic rings. The normalized spacial score (nSPS) is 10.7. The summed E-state index contributed by atoms with van der Waals surface area (Å²) in [4.78, 5) is 25.7. The molecule has 2 aliphatic carbocycles. The fourth-order valence-electron chi connectivity index (χ4n) is 2.93. The molecule has 0 N–H and O–H groups in total. The first-order chi connectivity index (χ1) is 13.5. The van der Waals surface area contributed by atoms with Gasteiger partial charge in [0.1, 0.15) is 16.9 Å². The van der Waals surface area contributed by atoms with Crippen LogP contribution in [-0.2, 0) is 9.47 Å². The molecule has 5 nitrogen and oxygen atoms in total. The quantitative estimate of drug-likeness (QED) is 0.334. The van der Waals surface area contributed by atoms with E-state index in [2.05, 4.69) is 22.9 Å². The van der Waals surface area contributed by atoms with Gasteiger partial charge in [-0.3, -0.25) is 0 Å². The summed E-state index contributed by atoms with van der Waals surface area (Å²) in [5.41, 5.74) is 1.75. The van der Waals surface area contributed by atoms with Gasteiger partial charge in [-0.15, -0.1) is 0 Å². The smallest absolute Gasteiger partial charge is 0.342 e. The van der Waals surface area contributed by atoms with Gasteiger partial charge in [0, 0.05) is 15.6 Å². The summed E-state index contributed by atoms with van der Waals surface area (Å²) in [6.45, 7) is 6.78. The predicted octanol–water partition coefficient (Wildman–Crippen LogP) is 5.87. The molecule has 0 saturated heterocycles. The molecule has 0 saturated carbocycles. The largest absolute Gasteiger partial charge is 0.492 e. The summed E-state index contributed by atoms with van der Waals surface area (Å²) < 4.78 is 17.4. The SMILES string of the molecule is CCCCCOC(=O)c1c2cccc(Br)cc-2c(C(=O)OCCC)c1OCC. The van der Waals surface area contributed by atoms with Crippen LogP contribution in [0.25, 0.3) is 11.1 Å². The Morgan fingerprint density at radius 1 is 0.893 bits per heavy atom. The highest BCUT2D eigenvalue weighted by Gasteiger charge is 2.33. The lowest BCUT2D eigenvalue weighted by Crippen LogP contribution is -2.11. The van der Waals surface area contributed by atoms with Crippen LogP contribution in [0.1, 0.15) is 67.2 Å². The Morgan fingerprint density at radius 3 is 2.21 bits per heavy atom. The Morgan fingerprint density at radius 2 is 1.57 bits per heavy atom. The van der Waals surface area contributed by atoms with Gasteiger partial charge in [-0.2, -0.15) is 0 Å². The molecule has 28 heavy (non-hydrogen) atoms. The van der Waals surface area contributed by atoms with E-state index in [0.29, 0.717) is 37.4 Å². The summed E-state index contributed by atoms with van der Waals surface area (Å²) in [6.07, 6.45) is 3.54. The molecule has 0 atom stereocenters. The van der Waals surface area contributed by atoms with Crippen LogP contribution in [0.5, 0.6) is 5.75 Å². The van der Waals surface area contributed by atoms with Crippen LogP contribution >= 0.6 is 15.9 Å². The van der Waals surface area contributed by atoms with Crippen molar-refractivity contribution < 1.29 is 23.8 Å². The number of unbranched alkanes of at least 4 members (excludes halogenated alkanes) is 2. The topological polar surface area (TPSA) is 61.8 Å². The van der Waals surface area contributed by atoms with E-state index >= 15 is 0 Å². The first kappa shape index (κ1) is 22.2. The third-order valence-electron chi connectivity index (χ3n) is 4.20. The zero-order chi connectivity index (χ0) is 20.5. The van der Waals surface area contributed by atoms with Gasteiger partial charge in [-0.05, 0) is 31.9 Å². The number of carbonyl (C=O) groups excluding carboxylic acids is 2. The van der Waals surface area contributed by atoms with Gasteiger partial charge in [0.05, 0.1) is 19.8 Å². The summed E-state index contributed by atoms with van der Waals surface area (Å²) in [5, 5.41) is 0. The lowest BCUT2D eigenvalue weighted by atomic mass is 10.1. The number of hydrogen-bond acceptors (Lipinski definition) is 5. The first-order valence-electron chi connectivity index (χ1n) is 9.77. The molecule has 0 radical (unpaired) electrons. The Bertz CT molecular complexity index is 787. The average Bonchev–Trinajstić information content (AvgIpc) is 2.83. The van der Waals surface area contributed by atoms with Crippen LogP contribution in [-0.4, -0.2) is 31.8 Å². The highest BCUT2D eigenvalue weighted by Crippen LogP contribution is 2.43. The summed E-state index contributed by atoms with van der Waals surface area (Å²) in [6, 6.07) is 7.26. The Hall–Kier alpha value is -2.08. The maximum absolute atomic E-state index is 12.9. The third-order valence-corrected chi connectivity index (χ3v) is 4.69. The maximum atomic E-state index is 12.9. The lowest BCUT2D eigenvalue weighted by molar-refractivity contribution is 0.0495. The molecule has 0 aliphatic heterocycles. The van der Waals surface area contributed by atoms with Crippen LogP contribution in [0, 0.1) is 0 Å². The van der Waals surface area contributed by atoms with Crippen molar-refractivity contribution >= 4 is 27.9 Å². The van der Waals surface area contributed by atoms with Crippen LogP contribution < -0.4 is 4.74 Å². The number of esters is 2. The fourth-order valence-corrected chi connectivity index (χ4v) is 3.32. The van der Waals surface area contributed by atoms with E-state index in [1.807, 2.05) is 26.0 Å². The second-order valence-corrected chi connectivity index (χ2v) is 7.29. The van der Waals surface area contributed by atoms with E-state index in [1.54, 1.807) is 12.1 Å². The number of fused-ring (bicyclic) bond motifs is 1. The lowest BCUT2D eigenvalue weighted by Gasteiger charge is -2.09. The molecule has 0 aromatic heterocycles. The van der Waals surface area contributed by atoms with E-state index in [-0.39, 0.29) is 16.9 Å². The second kappa shape index (κ2) is 11.1. The van der Waals surface area contributed by atoms with Crippen molar-refractivity contribution in [3.05, 3.63) is 39.9 Å². The fraction of sp³-hybridized carbons (Fsp3) is 0.455. The van der Waals surface area contributed by atoms with Gasteiger partial charge in [0.25, 0.3) is 0 Å². The van der Waals surface area contributed by atoms with E-state index < -0.39 is 11.9 Å².